The molecular formula is C44H86O4. The van der Waals surface area contributed by atoms with Crippen molar-refractivity contribution in [2.75, 3.05) is 0 Å². The fourth-order valence-corrected chi connectivity index (χ4v) is 7.07. The predicted octanol–water partition coefficient (Wildman–Crippen LogP) is 15.2. The molecule has 1 N–H and O–H groups in total. The van der Waals surface area contributed by atoms with E-state index in [1.165, 1.54) is 173 Å². The van der Waals surface area contributed by atoms with Crippen molar-refractivity contribution < 1.29 is 19.4 Å². The first-order valence-electron chi connectivity index (χ1n) is 22.0. The van der Waals surface area contributed by atoms with Gasteiger partial charge in [0.1, 0.15) is 6.10 Å². The fourth-order valence-electron chi connectivity index (χ4n) is 7.07. The fraction of sp³-hybridized carbons (Fsp3) is 0.955. The summed E-state index contributed by atoms with van der Waals surface area (Å²) in [5.74, 6) is -0.692. The standard InChI is InChI=1S/C44H86O4/c1-3-5-7-9-11-12-13-14-15-16-17-18-19-20-21-22-23-24-25-26-27-28-33-37-41-44(47)48-42(38-34-30-10-8-6-4-2)39-35-31-29-32-36-40-43(45)46/h42H,3-41H2,1-2H3,(H,45,46). The van der Waals surface area contributed by atoms with Crippen molar-refractivity contribution in [2.45, 2.75) is 270 Å². The van der Waals surface area contributed by atoms with E-state index in [9.17, 15) is 9.59 Å². The van der Waals surface area contributed by atoms with Crippen LogP contribution in [-0.2, 0) is 14.3 Å². The number of carbonyl (C=O) groups excluding carboxylic acids is 1. The highest BCUT2D eigenvalue weighted by atomic mass is 16.5. The molecule has 0 rings (SSSR count). The summed E-state index contributed by atoms with van der Waals surface area (Å²) in [7, 11) is 0. The molecule has 0 saturated heterocycles. The number of aliphatic carboxylic acids is 1. The molecule has 286 valence electrons. The van der Waals surface area contributed by atoms with Crippen LogP contribution in [0.4, 0.5) is 0 Å². The molecule has 1 atom stereocenters. The first kappa shape index (κ1) is 46.9. The third-order valence-electron chi connectivity index (χ3n) is 10.3. The normalized spacial score (nSPS) is 12.0. The molecule has 0 amide bonds. The minimum atomic E-state index is -0.697. The van der Waals surface area contributed by atoms with E-state index in [-0.39, 0.29) is 18.5 Å². The van der Waals surface area contributed by atoms with Crippen LogP contribution in [0.2, 0.25) is 0 Å². The van der Waals surface area contributed by atoms with Crippen molar-refractivity contribution in [3.05, 3.63) is 0 Å². The SMILES string of the molecule is CCCCCCCCCCCCCCCCCCCCCCCCCCC(=O)OC(CCCCCCCC)CCCCCCCC(=O)O. The number of esters is 1. The van der Waals surface area contributed by atoms with Crippen molar-refractivity contribution >= 4 is 11.9 Å². The van der Waals surface area contributed by atoms with E-state index < -0.39 is 5.97 Å². The molecular weight excluding hydrogens is 592 g/mol. The minimum absolute atomic E-state index is 0.00578. The largest absolute Gasteiger partial charge is 0.481 e. The smallest absolute Gasteiger partial charge is 0.306 e. The first-order chi connectivity index (χ1) is 23.6. The zero-order valence-electron chi connectivity index (χ0n) is 32.8. The minimum Gasteiger partial charge on any atom is -0.481 e. The molecule has 0 aliphatic heterocycles. The molecule has 0 aromatic carbocycles. The summed E-state index contributed by atoms with van der Waals surface area (Å²) in [5, 5.41) is 8.79. The maximum Gasteiger partial charge on any atom is 0.306 e. The summed E-state index contributed by atoms with van der Waals surface area (Å²) in [5.41, 5.74) is 0. The lowest BCUT2D eigenvalue weighted by molar-refractivity contribution is -0.150. The maximum atomic E-state index is 12.6. The predicted molar refractivity (Wildman–Crippen MR) is 209 cm³/mol. The van der Waals surface area contributed by atoms with Crippen LogP contribution in [0.3, 0.4) is 0 Å². The maximum absolute atomic E-state index is 12.6. The Hall–Kier alpha value is -1.06. The summed E-state index contributed by atoms with van der Waals surface area (Å²) < 4.78 is 5.97. The average molecular weight is 679 g/mol. The van der Waals surface area contributed by atoms with E-state index in [4.69, 9.17) is 9.84 Å². The van der Waals surface area contributed by atoms with Crippen molar-refractivity contribution in [1.82, 2.24) is 0 Å². The molecule has 0 bridgehead atoms. The molecule has 4 nitrogen and oxygen atoms in total. The Balaban J connectivity index is 3.64. The van der Waals surface area contributed by atoms with Gasteiger partial charge in [-0.15, -0.1) is 0 Å². The molecule has 0 spiro atoms. The monoisotopic (exact) mass is 679 g/mol. The number of carboxylic acid groups (broad SMARTS) is 1. The first-order valence-corrected chi connectivity index (χ1v) is 22.0. The Kier molecular flexibility index (Phi) is 39.5. The third kappa shape index (κ3) is 39.4. The lowest BCUT2D eigenvalue weighted by atomic mass is 10.0. The van der Waals surface area contributed by atoms with Gasteiger partial charge in [-0.1, -0.05) is 213 Å². The van der Waals surface area contributed by atoms with Crippen LogP contribution in [0.25, 0.3) is 0 Å². The highest BCUT2D eigenvalue weighted by Gasteiger charge is 2.14. The van der Waals surface area contributed by atoms with E-state index in [0.29, 0.717) is 6.42 Å². The van der Waals surface area contributed by atoms with Gasteiger partial charge in [0.2, 0.25) is 0 Å². The molecule has 0 heterocycles. The van der Waals surface area contributed by atoms with Crippen molar-refractivity contribution in [1.29, 1.82) is 0 Å². The van der Waals surface area contributed by atoms with Gasteiger partial charge in [0.05, 0.1) is 0 Å². The molecule has 0 aromatic heterocycles. The highest BCUT2D eigenvalue weighted by molar-refractivity contribution is 5.69. The van der Waals surface area contributed by atoms with E-state index in [1.807, 2.05) is 0 Å². The molecule has 0 aliphatic carbocycles. The van der Waals surface area contributed by atoms with Crippen molar-refractivity contribution in [3.8, 4) is 0 Å². The number of hydrogen-bond donors (Lipinski definition) is 1. The van der Waals surface area contributed by atoms with Crippen LogP contribution in [0.15, 0.2) is 0 Å². The Morgan fingerprint density at radius 3 is 0.917 bits per heavy atom. The summed E-state index contributed by atoms with van der Waals surface area (Å²) in [6, 6.07) is 0. The van der Waals surface area contributed by atoms with Crippen LogP contribution in [0, 0.1) is 0 Å². The number of ether oxygens (including phenoxy) is 1. The molecule has 0 aliphatic rings. The van der Waals surface area contributed by atoms with Gasteiger partial charge < -0.3 is 9.84 Å². The number of carbonyl (C=O) groups is 2. The Labute approximate surface area is 301 Å². The zero-order chi connectivity index (χ0) is 35.0. The van der Waals surface area contributed by atoms with E-state index in [0.717, 1.165) is 64.2 Å². The summed E-state index contributed by atoms with van der Waals surface area (Å²) in [6.07, 6.45) is 48.8. The number of carboxylic acids is 1. The van der Waals surface area contributed by atoms with Gasteiger partial charge >= 0.3 is 11.9 Å². The van der Waals surface area contributed by atoms with Gasteiger partial charge in [0, 0.05) is 12.8 Å². The van der Waals surface area contributed by atoms with Gasteiger partial charge in [-0.2, -0.15) is 0 Å². The molecule has 0 aromatic rings. The van der Waals surface area contributed by atoms with Crippen molar-refractivity contribution in [3.63, 3.8) is 0 Å². The molecule has 48 heavy (non-hydrogen) atoms. The van der Waals surface area contributed by atoms with Crippen LogP contribution >= 0.6 is 0 Å². The second-order valence-electron chi connectivity index (χ2n) is 15.3. The van der Waals surface area contributed by atoms with Crippen molar-refractivity contribution in [2.24, 2.45) is 0 Å². The lowest BCUT2D eigenvalue weighted by Crippen LogP contribution is -2.18. The van der Waals surface area contributed by atoms with E-state index in [1.54, 1.807) is 0 Å². The van der Waals surface area contributed by atoms with E-state index in [2.05, 4.69) is 13.8 Å². The van der Waals surface area contributed by atoms with Crippen LogP contribution < -0.4 is 0 Å². The van der Waals surface area contributed by atoms with Gasteiger partial charge in [-0.05, 0) is 38.5 Å². The molecule has 0 fully saturated rings. The lowest BCUT2D eigenvalue weighted by Gasteiger charge is -2.18. The molecule has 1 unspecified atom stereocenters. The molecule has 0 saturated carbocycles. The Morgan fingerprint density at radius 1 is 0.375 bits per heavy atom. The summed E-state index contributed by atoms with van der Waals surface area (Å²) >= 11 is 0. The average Bonchev–Trinajstić information content (AvgIpc) is 3.07. The van der Waals surface area contributed by atoms with Gasteiger partial charge in [-0.3, -0.25) is 9.59 Å². The molecule has 4 heteroatoms. The zero-order valence-corrected chi connectivity index (χ0v) is 32.8. The van der Waals surface area contributed by atoms with Gasteiger partial charge in [-0.25, -0.2) is 0 Å². The second-order valence-corrected chi connectivity index (χ2v) is 15.3. The van der Waals surface area contributed by atoms with E-state index >= 15 is 0 Å². The number of hydrogen-bond acceptors (Lipinski definition) is 3. The Morgan fingerprint density at radius 2 is 0.625 bits per heavy atom. The van der Waals surface area contributed by atoms with Gasteiger partial charge in [0.25, 0.3) is 0 Å². The summed E-state index contributed by atoms with van der Waals surface area (Å²) in [6.45, 7) is 4.55. The quantitative estimate of drug-likeness (QED) is 0.0516. The number of unbranched alkanes of at least 4 members (excludes halogenated alkanes) is 32. The highest BCUT2D eigenvalue weighted by Crippen LogP contribution is 2.19. The third-order valence-corrected chi connectivity index (χ3v) is 10.3. The number of rotatable bonds is 41. The Bertz CT molecular complexity index is 648. The van der Waals surface area contributed by atoms with Gasteiger partial charge in [0.15, 0.2) is 0 Å². The van der Waals surface area contributed by atoms with Crippen LogP contribution in [0.1, 0.15) is 264 Å². The van der Waals surface area contributed by atoms with Crippen LogP contribution in [0.5, 0.6) is 0 Å². The second kappa shape index (κ2) is 40.4. The topological polar surface area (TPSA) is 63.6 Å². The summed E-state index contributed by atoms with van der Waals surface area (Å²) in [4.78, 5) is 23.3. The molecule has 0 radical (unpaired) electrons. The van der Waals surface area contributed by atoms with Crippen LogP contribution in [-0.4, -0.2) is 23.1 Å².